The maximum Gasteiger partial charge on any atom is 0.423 e. The van der Waals surface area contributed by atoms with Gasteiger partial charge in [-0.25, -0.2) is 4.79 Å². The first-order chi connectivity index (χ1) is 19.2. The van der Waals surface area contributed by atoms with Gasteiger partial charge in [-0.05, 0) is 67.7 Å². The van der Waals surface area contributed by atoms with E-state index in [1.807, 2.05) is 31.2 Å². The Morgan fingerprint density at radius 2 is 1.90 bits per heavy atom. The molecule has 2 aromatic rings. The number of likely N-dealkylation sites (tertiary alicyclic amines) is 1. The van der Waals surface area contributed by atoms with Crippen molar-refractivity contribution in [3.05, 3.63) is 75.3 Å². The summed E-state index contributed by atoms with van der Waals surface area (Å²) in [7, 11) is 1.09. The second-order valence-corrected chi connectivity index (χ2v) is 10.9. The molecule has 1 fully saturated rings. The average Bonchev–Trinajstić information content (AvgIpc) is 3.20. The van der Waals surface area contributed by atoms with Crippen LogP contribution in [0.25, 0.3) is 6.08 Å². The second kappa shape index (κ2) is 12.8. The summed E-state index contributed by atoms with van der Waals surface area (Å²) in [6.07, 6.45) is 0.520. The zero-order valence-corrected chi connectivity index (χ0v) is 23.8. The number of para-hydroxylation sites is 1. The molecule has 40 heavy (non-hydrogen) atoms. The zero-order chi connectivity index (χ0) is 29.0. The number of benzene rings is 2. The van der Waals surface area contributed by atoms with Crippen LogP contribution < -0.4 is 4.74 Å². The van der Waals surface area contributed by atoms with E-state index < -0.39 is 48.4 Å². The lowest BCUT2D eigenvalue weighted by atomic mass is 9.68. The number of methoxy groups -OCH3 is 1. The number of carbonyl (C=O) groups is 3. The molecule has 0 bridgehead atoms. The monoisotopic (exact) mass is 613 g/mol. The van der Waals surface area contributed by atoms with Gasteiger partial charge in [0.15, 0.2) is 0 Å². The molecule has 1 aliphatic carbocycles. The molecule has 0 radical (unpaired) electrons. The van der Waals surface area contributed by atoms with E-state index in [0.29, 0.717) is 33.8 Å². The summed E-state index contributed by atoms with van der Waals surface area (Å²) in [5.74, 6) is -3.47. The summed E-state index contributed by atoms with van der Waals surface area (Å²) in [6, 6.07) is 14.2. The van der Waals surface area contributed by atoms with Crippen LogP contribution >= 0.6 is 15.9 Å². The number of fused-ring (bicyclic) bond motifs is 1. The highest BCUT2D eigenvalue weighted by atomic mass is 79.9. The molecule has 2 aliphatic rings. The first-order valence-corrected chi connectivity index (χ1v) is 13.8. The summed E-state index contributed by atoms with van der Waals surface area (Å²) in [5, 5.41) is 32.1. The summed E-state index contributed by atoms with van der Waals surface area (Å²) in [6.45, 7) is 1.42. The predicted molar refractivity (Wildman–Crippen MR) is 150 cm³/mol. The maximum atomic E-state index is 13.2. The van der Waals surface area contributed by atoms with Crippen molar-refractivity contribution >= 4 is 39.9 Å². The highest BCUT2D eigenvalue weighted by Gasteiger charge is 2.57. The minimum Gasteiger partial charge on any atom is -0.507 e. The number of phenolic OH excluding ortho intramolecular Hbond substituents is 1. The molecule has 0 saturated carbocycles. The maximum absolute atomic E-state index is 13.2. The number of carbonyl (C=O) groups excluding carboxylic acids is 3. The van der Waals surface area contributed by atoms with Crippen molar-refractivity contribution in [2.75, 3.05) is 20.3 Å². The number of allylic oxidation sites excluding steroid dienone is 1. The molecule has 10 heteroatoms. The molecule has 3 amide bonds. The van der Waals surface area contributed by atoms with Gasteiger partial charge in [-0.15, -0.1) is 0 Å². The molecule has 4 atom stereocenters. The van der Waals surface area contributed by atoms with Crippen molar-refractivity contribution in [2.24, 2.45) is 17.8 Å². The van der Waals surface area contributed by atoms with Crippen LogP contribution in [0.15, 0.2) is 69.7 Å². The van der Waals surface area contributed by atoms with Crippen LogP contribution in [-0.4, -0.2) is 64.6 Å². The first kappa shape index (κ1) is 29.5. The van der Waals surface area contributed by atoms with Crippen molar-refractivity contribution < 1.29 is 39.2 Å². The Balaban J connectivity index is 1.63. The Kier molecular flexibility index (Phi) is 9.44. The first-order valence-electron chi connectivity index (χ1n) is 13.0. The number of hydrogen-bond donors (Lipinski definition) is 3. The Hall–Kier alpha value is -3.47. The molecule has 4 rings (SSSR count). The molecular weight excluding hydrogens is 582 g/mol. The largest absolute Gasteiger partial charge is 0.507 e. The van der Waals surface area contributed by atoms with Gasteiger partial charge in [0.1, 0.15) is 18.1 Å². The van der Waals surface area contributed by atoms with Gasteiger partial charge in [-0.3, -0.25) is 9.59 Å². The smallest absolute Gasteiger partial charge is 0.423 e. The minimum absolute atomic E-state index is 0.0383. The molecule has 1 aliphatic heterocycles. The fourth-order valence-electron chi connectivity index (χ4n) is 5.55. The summed E-state index contributed by atoms with van der Waals surface area (Å²) >= 11 is 3.40. The summed E-state index contributed by atoms with van der Waals surface area (Å²) in [5.41, 5.74) is 2.58. The second-order valence-electron chi connectivity index (χ2n) is 10.0. The summed E-state index contributed by atoms with van der Waals surface area (Å²) in [4.78, 5) is 39.1. The van der Waals surface area contributed by atoms with Crippen LogP contribution in [0.3, 0.4) is 0 Å². The van der Waals surface area contributed by atoms with Gasteiger partial charge in [0.25, 0.3) is 0 Å². The van der Waals surface area contributed by atoms with E-state index in [0.717, 1.165) is 17.2 Å². The summed E-state index contributed by atoms with van der Waals surface area (Å²) < 4.78 is 11.4. The molecule has 0 unspecified atom stereocenters. The van der Waals surface area contributed by atoms with Gasteiger partial charge in [0, 0.05) is 16.0 Å². The van der Waals surface area contributed by atoms with E-state index >= 15 is 0 Å². The van der Waals surface area contributed by atoms with Crippen LogP contribution in [0.5, 0.6) is 11.5 Å². The molecule has 1 saturated heterocycles. The van der Waals surface area contributed by atoms with Crippen LogP contribution in [0.1, 0.15) is 31.7 Å². The van der Waals surface area contributed by atoms with Crippen LogP contribution in [0.4, 0.5) is 4.79 Å². The third-order valence-electron chi connectivity index (χ3n) is 7.46. The lowest BCUT2D eigenvalue weighted by molar-refractivity contribution is -0.137. The van der Waals surface area contributed by atoms with E-state index in [-0.39, 0.29) is 25.2 Å². The van der Waals surface area contributed by atoms with E-state index in [9.17, 15) is 29.7 Å². The van der Waals surface area contributed by atoms with Crippen molar-refractivity contribution in [3.8, 4) is 11.5 Å². The van der Waals surface area contributed by atoms with Gasteiger partial charge < -0.3 is 24.8 Å². The molecule has 9 nitrogen and oxygen atoms in total. The lowest BCUT2D eigenvalue weighted by Crippen LogP contribution is -2.40. The van der Waals surface area contributed by atoms with Crippen molar-refractivity contribution in [2.45, 2.75) is 32.3 Å². The Labute approximate surface area is 240 Å². The molecule has 212 valence electrons. The van der Waals surface area contributed by atoms with Gasteiger partial charge in [0.05, 0.1) is 31.7 Å². The van der Waals surface area contributed by atoms with Gasteiger partial charge in [-0.1, -0.05) is 45.8 Å². The molecule has 2 aromatic carbocycles. The Bertz CT molecular complexity index is 1340. The number of nitrogens with zero attached hydrogens (tertiary/aromatic N) is 1. The molecular formula is C30H32BrNO8. The lowest BCUT2D eigenvalue weighted by Gasteiger charge is -2.36. The quantitative estimate of drug-likeness (QED) is 0.279. The number of ether oxygens (including phenoxy) is 2. The van der Waals surface area contributed by atoms with Crippen LogP contribution in [-0.2, 0) is 14.3 Å². The fourth-order valence-corrected chi connectivity index (χ4v) is 5.93. The number of rotatable bonds is 9. The predicted octanol–water partition coefficient (Wildman–Crippen LogP) is 4.45. The zero-order valence-electron chi connectivity index (χ0n) is 22.2. The van der Waals surface area contributed by atoms with Crippen LogP contribution in [0.2, 0.25) is 0 Å². The number of aliphatic hydroxyl groups is 2. The Morgan fingerprint density at radius 3 is 2.58 bits per heavy atom. The van der Waals surface area contributed by atoms with Gasteiger partial charge >= 0.3 is 6.09 Å². The highest BCUT2D eigenvalue weighted by Crippen LogP contribution is 2.46. The third kappa shape index (κ3) is 6.14. The average molecular weight is 614 g/mol. The minimum atomic E-state index is -1.07. The number of amides is 3. The van der Waals surface area contributed by atoms with E-state index in [2.05, 4.69) is 20.7 Å². The SMILES string of the molecule is COC(=O)N1C(=O)[C@@H]2[C@@H](CC(COc3ccccc3)=C([C@H](O)CC/C(C)=C/c3cc(Br)ccc3O)[C@@H]2CO)C1=O. The topological polar surface area (TPSA) is 134 Å². The molecule has 1 heterocycles. The number of aromatic hydroxyl groups is 1. The number of halogens is 1. The Morgan fingerprint density at radius 1 is 1.18 bits per heavy atom. The normalized spacial score (nSPS) is 21.9. The molecule has 3 N–H and O–H groups in total. The van der Waals surface area contributed by atoms with Gasteiger partial charge in [0.2, 0.25) is 11.8 Å². The van der Waals surface area contributed by atoms with Crippen molar-refractivity contribution in [1.82, 2.24) is 4.90 Å². The standard InChI is InChI=1S/C30H32BrNO8/c1-17(12-18-13-20(31)9-11-24(18)34)8-10-25(35)26-19(16-40-21-6-4-3-5-7-21)14-22-27(23(26)15-33)29(37)32(28(22)36)30(38)39-2/h3-7,9,11-13,22-23,25,27,33-35H,8,10,14-16H2,1-2H3/b17-12+/t22-,23+,25-,27-/m1/s1. The van der Waals surface area contributed by atoms with Gasteiger partial charge in [-0.2, -0.15) is 4.90 Å². The van der Waals surface area contributed by atoms with E-state index in [1.165, 1.54) is 0 Å². The molecule has 0 spiro atoms. The van der Waals surface area contributed by atoms with Crippen molar-refractivity contribution in [3.63, 3.8) is 0 Å². The fraction of sp³-hybridized carbons (Fsp3) is 0.367. The number of aliphatic hydroxyl groups excluding tert-OH is 2. The molecule has 0 aromatic heterocycles. The van der Waals surface area contributed by atoms with Crippen LogP contribution in [0, 0.1) is 17.8 Å². The van der Waals surface area contributed by atoms with E-state index in [4.69, 9.17) is 4.74 Å². The highest BCUT2D eigenvalue weighted by molar-refractivity contribution is 9.10. The number of imide groups is 3. The van der Waals surface area contributed by atoms with Crippen molar-refractivity contribution in [1.29, 1.82) is 0 Å². The van der Waals surface area contributed by atoms with E-state index in [1.54, 1.807) is 30.3 Å². The third-order valence-corrected chi connectivity index (χ3v) is 7.95. The number of phenols is 1. The number of hydrogen-bond acceptors (Lipinski definition) is 8.